The summed E-state index contributed by atoms with van der Waals surface area (Å²) in [7, 11) is 0. The predicted molar refractivity (Wildman–Crippen MR) is 93.9 cm³/mol. The maximum atomic E-state index is 10.6. The van der Waals surface area contributed by atoms with Crippen LogP contribution in [0.4, 0.5) is 0 Å². The first-order valence-electron chi connectivity index (χ1n) is 9.37. The van der Waals surface area contributed by atoms with Crippen molar-refractivity contribution in [1.29, 1.82) is 0 Å². The Kier molecular flexibility index (Phi) is 6.27. The molecule has 3 heterocycles. The van der Waals surface area contributed by atoms with E-state index < -0.39 is 0 Å². The molecule has 0 aromatic carbocycles. The van der Waals surface area contributed by atoms with Gasteiger partial charge in [0.15, 0.2) is 0 Å². The van der Waals surface area contributed by atoms with Crippen molar-refractivity contribution in [3.8, 4) is 0 Å². The normalized spacial score (nSPS) is 31.2. The first kappa shape index (κ1) is 17.9. The molecule has 1 aromatic heterocycles. The molecule has 1 aromatic rings. The molecule has 0 amide bonds. The molecular formula is C18H32N4O2. The van der Waals surface area contributed by atoms with Crippen molar-refractivity contribution in [3.05, 3.63) is 18.5 Å². The predicted octanol–water partition coefficient (Wildman–Crippen LogP) is 1.21. The lowest BCUT2D eigenvalue weighted by molar-refractivity contribution is -0.0792. The highest BCUT2D eigenvalue weighted by Gasteiger charge is 2.28. The van der Waals surface area contributed by atoms with Gasteiger partial charge in [0.1, 0.15) is 0 Å². The Bertz CT molecular complexity index is 471. The lowest BCUT2D eigenvalue weighted by atomic mass is 10.0. The standard InChI is InChI=1S/C18H32N4O2/c1-15-10-20(11-16(2)24-15)13-18(23)14-21-8-4-3-6-17(21)12-22-9-5-7-19-22/h5,7,9,15-18,23H,3-4,6,8,10-14H2,1-2H3/t15-,16+,17-,18-/m0/s1. The number of ether oxygens (including phenoxy) is 1. The highest BCUT2D eigenvalue weighted by Crippen LogP contribution is 2.19. The van der Waals surface area contributed by atoms with E-state index in [1.165, 1.54) is 19.3 Å². The molecule has 136 valence electrons. The van der Waals surface area contributed by atoms with E-state index >= 15 is 0 Å². The van der Waals surface area contributed by atoms with Crippen LogP contribution in [0.15, 0.2) is 18.5 Å². The van der Waals surface area contributed by atoms with E-state index in [4.69, 9.17) is 4.74 Å². The number of piperidine rings is 1. The molecule has 2 saturated heterocycles. The molecule has 0 saturated carbocycles. The van der Waals surface area contributed by atoms with Crippen LogP contribution < -0.4 is 0 Å². The van der Waals surface area contributed by atoms with E-state index in [1.807, 2.05) is 23.1 Å². The van der Waals surface area contributed by atoms with E-state index in [0.29, 0.717) is 6.04 Å². The van der Waals surface area contributed by atoms with Gasteiger partial charge in [-0.15, -0.1) is 0 Å². The van der Waals surface area contributed by atoms with Gasteiger partial charge in [-0.05, 0) is 39.3 Å². The number of β-amino-alcohol motifs (C(OH)–C–C–N with tert-alkyl or cyclic N) is 1. The molecule has 2 aliphatic heterocycles. The molecule has 0 unspecified atom stereocenters. The van der Waals surface area contributed by atoms with Crippen molar-refractivity contribution < 1.29 is 9.84 Å². The summed E-state index contributed by atoms with van der Waals surface area (Å²) in [5.41, 5.74) is 0. The molecule has 3 rings (SSSR count). The van der Waals surface area contributed by atoms with Gasteiger partial charge in [0.05, 0.1) is 24.9 Å². The molecular weight excluding hydrogens is 304 g/mol. The molecule has 4 atom stereocenters. The molecule has 2 fully saturated rings. The summed E-state index contributed by atoms with van der Waals surface area (Å²) in [6.45, 7) is 9.55. The van der Waals surface area contributed by atoms with Crippen LogP contribution >= 0.6 is 0 Å². The van der Waals surface area contributed by atoms with E-state index in [0.717, 1.165) is 39.3 Å². The second-order valence-electron chi connectivity index (χ2n) is 7.50. The Morgan fingerprint density at radius 2 is 2.00 bits per heavy atom. The Labute approximate surface area is 145 Å². The largest absolute Gasteiger partial charge is 0.390 e. The van der Waals surface area contributed by atoms with Crippen molar-refractivity contribution in [3.63, 3.8) is 0 Å². The average Bonchev–Trinajstić information content (AvgIpc) is 3.01. The van der Waals surface area contributed by atoms with Gasteiger partial charge in [0.25, 0.3) is 0 Å². The van der Waals surface area contributed by atoms with Crippen molar-refractivity contribution >= 4 is 0 Å². The van der Waals surface area contributed by atoms with Crippen LogP contribution in [0.1, 0.15) is 33.1 Å². The molecule has 0 aliphatic carbocycles. The average molecular weight is 336 g/mol. The Morgan fingerprint density at radius 1 is 1.21 bits per heavy atom. The van der Waals surface area contributed by atoms with Crippen molar-refractivity contribution in [2.45, 2.75) is 64.0 Å². The van der Waals surface area contributed by atoms with Gasteiger partial charge < -0.3 is 9.84 Å². The van der Waals surface area contributed by atoms with Crippen LogP contribution in [0, 0.1) is 0 Å². The molecule has 2 aliphatic rings. The van der Waals surface area contributed by atoms with Crippen LogP contribution in [0.3, 0.4) is 0 Å². The zero-order valence-corrected chi connectivity index (χ0v) is 15.0. The summed E-state index contributed by atoms with van der Waals surface area (Å²) in [6.07, 6.45) is 7.76. The van der Waals surface area contributed by atoms with Crippen molar-refractivity contribution in [2.24, 2.45) is 0 Å². The summed E-state index contributed by atoms with van der Waals surface area (Å²) in [5.74, 6) is 0. The van der Waals surface area contributed by atoms with Gasteiger partial charge in [0, 0.05) is 44.6 Å². The molecule has 1 N–H and O–H groups in total. The second kappa shape index (κ2) is 8.43. The molecule has 0 radical (unpaired) electrons. The molecule has 24 heavy (non-hydrogen) atoms. The van der Waals surface area contributed by atoms with Crippen molar-refractivity contribution in [2.75, 3.05) is 32.7 Å². The highest BCUT2D eigenvalue weighted by molar-refractivity contribution is 4.84. The zero-order chi connectivity index (χ0) is 16.9. The fourth-order valence-electron chi connectivity index (χ4n) is 4.19. The van der Waals surface area contributed by atoms with Crippen LogP contribution in [0.5, 0.6) is 0 Å². The number of hydrogen-bond donors (Lipinski definition) is 1. The minimum Gasteiger partial charge on any atom is -0.390 e. The number of rotatable bonds is 6. The van der Waals surface area contributed by atoms with Gasteiger partial charge in [-0.2, -0.15) is 5.10 Å². The van der Waals surface area contributed by atoms with Crippen molar-refractivity contribution in [1.82, 2.24) is 19.6 Å². The topological polar surface area (TPSA) is 53.8 Å². The Balaban J connectivity index is 1.50. The fraction of sp³-hybridized carbons (Fsp3) is 0.833. The summed E-state index contributed by atoms with van der Waals surface area (Å²) in [5, 5.41) is 15.0. The first-order chi connectivity index (χ1) is 11.6. The third-order valence-electron chi connectivity index (χ3n) is 5.12. The van der Waals surface area contributed by atoms with Gasteiger partial charge in [-0.3, -0.25) is 14.5 Å². The van der Waals surface area contributed by atoms with Crippen LogP contribution in [-0.2, 0) is 11.3 Å². The summed E-state index contributed by atoms with van der Waals surface area (Å²) < 4.78 is 7.79. The minimum absolute atomic E-state index is 0.253. The minimum atomic E-state index is -0.305. The number of likely N-dealkylation sites (tertiary alicyclic amines) is 1. The third kappa shape index (κ3) is 5.02. The van der Waals surface area contributed by atoms with Crippen LogP contribution in [0.2, 0.25) is 0 Å². The monoisotopic (exact) mass is 336 g/mol. The van der Waals surface area contributed by atoms with Crippen LogP contribution in [-0.4, -0.2) is 81.8 Å². The molecule has 0 spiro atoms. The Hall–Kier alpha value is -0.950. The third-order valence-corrected chi connectivity index (χ3v) is 5.12. The quantitative estimate of drug-likeness (QED) is 0.846. The molecule has 0 bridgehead atoms. The number of morpholine rings is 1. The van der Waals surface area contributed by atoms with Crippen LogP contribution in [0.25, 0.3) is 0 Å². The maximum absolute atomic E-state index is 10.6. The summed E-state index contributed by atoms with van der Waals surface area (Å²) in [4.78, 5) is 4.80. The van der Waals surface area contributed by atoms with Gasteiger partial charge >= 0.3 is 0 Å². The maximum Gasteiger partial charge on any atom is 0.0793 e. The number of aromatic nitrogens is 2. The smallest absolute Gasteiger partial charge is 0.0793 e. The molecule has 6 nitrogen and oxygen atoms in total. The molecule has 6 heteroatoms. The number of nitrogens with zero attached hydrogens (tertiary/aromatic N) is 4. The van der Waals surface area contributed by atoms with E-state index in [1.54, 1.807) is 0 Å². The number of aliphatic hydroxyl groups is 1. The lowest BCUT2D eigenvalue weighted by Gasteiger charge is -2.39. The van der Waals surface area contributed by atoms with Gasteiger partial charge in [-0.1, -0.05) is 6.42 Å². The van der Waals surface area contributed by atoms with Gasteiger partial charge in [0.2, 0.25) is 0 Å². The van der Waals surface area contributed by atoms with Gasteiger partial charge in [-0.25, -0.2) is 0 Å². The highest BCUT2D eigenvalue weighted by atomic mass is 16.5. The lowest BCUT2D eigenvalue weighted by Crippen LogP contribution is -2.51. The number of hydrogen-bond acceptors (Lipinski definition) is 5. The summed E-state index contributed by atoms with van der Waals surface area (Å²) in [6, 6.07) is 2.46. The zero-order valence-electron chi connectivity index (χ0n) is 15.0. The fourth-order valence-corrected chi connectivity index (χ4v) is 4.19. The SMILES string of the molecule is C[C@@H]1CN(C[C@H](O)CN2CCCC[C@H]2Cn2cccn2)C[C@H](C)O1. The second-order valence-corrected chi connectivity index (χ2v) is 7.50. The van der Waals surface area contributed by atoms with E-state index in [-0.39, 0.29) is 18.3 Å². The number of aliphatic hydroxyl groups excluding tert-OH is 1. The van der Waals surface area contributed by atoms with E-state index in [9.17, 15) is 5.11 Å². The Morgan fingerprint density at radius 3 is 2.71 bits per heavy atom. The summed E-state index contributed by atoms with van der Waals surface area (Å²) >= 11 is 0. The van der Waals surface area contributed by atoms with E-state index in [2.05, 4.69) is 28.7 Å². The first-order valence-corrected chi connectivity index (χ1v) is 9.37.